The van der Waals surface area contributed by atoms with Crippen molar-refractivity contribution in [3.63, 3.8) is 0 Å². The van der Waals surface area contributed by atoms with Gasteiger partial charge in [0, 0.05) is 16.7 Å². The van der Waals surface area contributed by atoms with Crippen molar-refractivity contribution in [1.82, 2.24) is 15.0 Å². The van der Waals surface area contributed by atoms with E-state index in [0.29, 0.717) is 5.69 Å². The second-order valence-corrected chi connectivity index (χ2v) is 11.0. The van der Waals surface area contributed by atoms with Gasteiger partial charge in [0.2, 0.25) is 0 Å². The molecule has 0 N–H and O–H groups in total. The van der Waals surface area contributed by atoms with Gasteiger partial charge in [-0.05, 0) is 28.1 Å². The van der Waals surface area contributed by atoms with Crippen molar-refractivity contribution in [3.8, 4) is 5.69 Å². The molecule has 0 amide bonds. The zero-order valence-corrected chi connectivity index (χ0v) is 14.6. The highest BCUT2D eigenvalue weighted by atomic mass is 79.9. The topological polar surface area (TPSA) is 30.7 Å². The van der Waals surface area contributed by atoms with Gasteiger partial charge in [-0.25, -0.2) is 9.07 Å². The Kier molecular flexibility index (Phi) is 4.75. The van der Waals surface area contributed by atoms with Crippen LogP contribution in [0.5, 0.6) is 0 Å². The predicted octanol–water partition coefficient (Wildman–Crippen LogP) is 3.88. The zero-order chi connectivity index (χ0) is 14.8. The van der Waals surface area contributed by atoms with Crippen LogP contribution in [-0.2, 0) is 0 Å². The molecular weight excluding hydrogens is 337 g/mol. The molecule has 2 aromatic rings. The first-order chi connectivity index (χ1) is 9.56. The molecule has 6 heteroatoms. The summed E-state index contributed by atoms with van der Waals surface area (Å²) in [4.78, 5) is 0. The van der Waals surface area contributed by atoms with E-state index in [4.69, 9.17) is 0 Å². The molecule has 0 aliphatic heterocycles. The number of benzene rings is 1. The van der Waals surface area contributed by atoms with Crippen molar-refractivity contribution in [1.29, 1.82) is 0 Å². The maximum Gasteiger partial charge on any atom is 0.125 e. The summed E-state index contributed by atoms with van der Waals surface area (Å²) in [5, 5.41) is 9.69. The van der Waals surface area contributed by atoms with Gasteiger partial charge in [0.15, 0.2) is 0 Å². The minimum absolute atomic E-state index is 0.273. The van der Waals surface area contributed by atoms with Crippen LogP contribution in [0.3, 0.4) is 0 Å². The summed E-state index contributed by atoms with van der Waals surface area (Å²) >= 11 is 3.43. The van der Waals surface area contributed by atoms with Crippen molar-refractivity contribution in [3.05, 3.63) is 34.7 Å². The minimum atomic E-state index is -1.54. The Labute approximate surface area is 128 Å². The van der Waals surface area contributed by atoms with Gasteiger partial charge in [-0.1, -0.05) is 44.1 Å². The molecule has 0 atom stereocenters. The van der Waals surface area contributed by atoms with Crippen molar-refractivity contribution < 1.29 is 4.39 Å². The van der Waals surface area contributed by atoms with Gasteiger partial charge >= 0.3 is 0 Å². The van der Waals surface area contributed by atoms with Crippen LogP contribution < -0.4 is 5.32 Å². The van der Waals surface area contributed by atoms with Crippen molar-refractivity contribution in [2.24, 2.45) is 0 Å². The van der Waals surface area contributed by atoms with E-state index in [-0.39, 0.29) is 5.82 Å². The van der Waals surface area contributed by atoms with Crippen LogP contribution in [0.2, 0.25) is 18.1 Å². The maximum absolute atomic E-state index is 13.4. The zero-order valence-electron chi connectivity index (χ0n) is 12.0. The smallest absolute Gasteiger partial charge is 0.125 e. The Morgan fingerprint density at radius 2 is 1.85 bits per heavy atom. The van der Waals surface area contributed by atoms with Crippen LogP contribution in [0.4, 0.5) is 4.39 Å². The molecule has 0 saturated heterocycles. The Morgan fingerprint density at radius 1 is 1.20 bits per heavy atom. The molecule has 0 aliphatic rings. The van der Waals surface area contributed by atoms with Gasteiger partial charge in [-0.2, -0.15) is 0 Å². The van der Waals surface area contributed by atoms with E-state index in [0.717, 1.165) is 27.9 Å². The first-order valence-corrected chi connectivity index (χ1v) is 10.4. The first kappa shape index (κ1) is 15.4. The maximum atomic E-state index is 13.4. The molecule has 0 saturated carbocycles. The van der Waals surface area contributed by atoms with E-state index in [1.807, 2.05) is 6.20 Å². The molecule has 0 aliphatic carbocycles. The molecule has 3 nitrogen and oxygen atoms in total. The quantitative estimate of drug-likeness (QED) is 0.761. The summed E-state index contributed by atoms with van der Waals surface area (Å²) < 4.78 is 15.9. The molecule has 0 radical (unpaired) electrons. The molecule has 1 aromatic carbocycles. The third-order valence-electron chi connectivity index (χ3n) is 4.22. The predicted molar refractivity (Wildman–Crippen MR) is 85.8 cm³/mol. The monoisotopic (exact) mass is 355 g/mol. The van der Waals surface area contributed by atoms with E-state index >= 15 is 0 Å². The summed E-state index contributed by atoms with van der Waals surface area (Å²) in [7, 11) is -1.54. The van der Waals surface area contributed by atoms with Gasteiger partial charge in [-0.15, -0.1) is 5.10 Å². The second kappa shape index (κ2) is 6.18. The van der Waals surface area contributed by atoms with E-state index < -0.39 is 8.07 Å². The highest BCUT2D eigenvalue weighted by molar-refractivity contribution is 9.10. The van der Waals surface area contributed by atoms with Crippen LogP contribution >= 0.6 is 15.9 Å². The number of rotatable bonds is 5. The summed E-state index contributed by atoms with van der Waals surface area (Å²) in [6, 6.07) is 8.05. The van der Waals surface area contributed by atoms with Gasteiger partial charge in [0.05, 0.1) is 11.0 Å². The van der Waals surface area contributed by atoms with Crippen molar-refractivity contribution >= 4 is 29.3 Å². The fourth-order valence-electron chi connectivity index (χ4n) is 2.58. The Bertz CT molecular complexity index is 588. The Balaban J connectivity index is 2.45. The minimum Gasteiger partial charge on any atom is -0.220 e. The second-order valence-electron chi connectivity index (χ2n) is 4.99. The lowest BCUT2D eigenvalue weighted by molar-refractivity contribution is 0.624. The van der Waals surface area contributed by atoms with Gasteiger partial charge in [-0.3, -0.25) is 0 Å². The molecular formula is C14H19BrFN3Si. The van der Waals surface area contributed by atoms with Crippen molar-refractivity contribution in [2.75, 3.05) is 0 Å². The summed E-state index contributed by atoms with van der Waals surface area (Å²) in [6.07, 6.45) is 1.97. The lowest BCUT2D eigenvalue weighted by Crippen LogP contribution is -2.46. The van der Waals surface area contributed by atoms with Crippen LogP contribution in [0.15, 0.2) is 28.9 Å². The van der Waals surface area contributed by atoms with Crippen molar-refractivity contribution in [2.45, 2.75) is 38.9 Å². The number of hydrogen-bond acceptors (Lipinski definition) is 2. The fourth-order valence-corrected chi connectivity index (χ4v) is 6.25. The molecule has 1 heterocycles. The van der Waals surface area contributed by atoms with Crippen LogP contribution in [0.25, 0.3) is 5.69 Å². The SMILES string of the molecule is CC[Si](CC)(CC)c1cn(-c2cc(F)ccc2Br)nn1. The molecule has 20 heavy (non-hydrogen) atoms. The molecule has 0 unspecified atom stereocenters. The fraction of sp³-hybridized carbons (Fsp3) is 0.429. The number of aromatic nitrogens is 3. The number of halogens is 2. The van der Waals surface area contributed by atoms with Crippen LogP contribution in [-0.4, -0.2) is 23.1 Å². The Hall–Kier alpha value is -1.01. The lowest BCUT2D eigenvalue weighted by atomic mass is 10.3. The van der Waals surface area contributed by atoms with Crippen LogP contribution in [0, 0.1) is 5.82 Å². The molecule has 108 valence electrons. The van der Waals surface area contributed by atoms with Gasteiger partial charge in [0.25, 0.3) is 0 Å². The number of nitrogens with zero attached hydrogens (tertiary/aromatic N) is 3. The summed E-state index contributed by atoms with van der Waals surface area (Å²) in [5.41, 5.74) is 0.690. The Morgan fingerprint density at radius 3 is 2.45 bits per heavy atom. The average Bonchev–Trinajstić information content (AvgIpc) is 2.94. The third kappa shape index (κ3) is 2.72. The third-order valence-corrected chi connectivity index (χ3v) is 10.3. The molecule has 0 bridgehead atoms. The number of hydrogen-bond donors (Lipinski definition) is 0. The standard InChI is InChI=1S/C14H19BrFN3Si/c1-4-20(5-2,6-3)14-10-19(18-17-14)13-9-11(16)7-8-12(13)15/h7-10H,4-6H2,1-3H3. The largest absolute Gasteiger partial charge is 0.220 e. The first-order valence-electron chi connectivity index (χ1n) is 6.94. The summed E-state index contributed by atoms with van der Waals surface area (Å²) in [5.74, 6) is -0.273. The summed E-state index contributed by atoms with van der Waals surface area (Å²) in [6.45, 7) is 6.70. The normalized spacial score (nSPS) is 11.8. The molecule has 1 aromatic heterocycles. The van der Waals surface area contributed by atoms with E-state index in [9.17, 15) is 4.39 Å². The molecule has 2 rings (SSSR count). The van der Waals surface area contributed by atoms with E-state index in [1.165, 1.54) is 12.1 Å². The highest BCUT2D eigenvalue weighted by Gasteiger charge is 2.32. The van der Waals surface area contributed by atoms with Crippen LogP contribution in [0.1, 0.15) is 20.8 Å². The van der Waals surface area contributed by atoms with Gasteiger partial charge < -0.3 is 0 Å². The molecule has 0 spiro atoms. The van der Waals surface area contributed by atoms with E-state index in [2.05, 4.69) is 47.0 Å². The molecule has 0 fully saturated rings. The van der Waals surface area contributed by atoms with Gasteiger partial charge in [0.1, 0.15) is 13.9 Å². The average molecular weight is 356 g/mol. The lowest BCUT2D eigenvalue weighted by Gasteiger charge is -2.24. The highest BCUT2D eigenvalue weighted by Crippen LogP contribution is 2.23. The van der Waals surface area contributed by atoms with E-state index in [1.54, 1.807) is 10.7 Å².